The Hall–Kier alpha value is -2.09. The highest BCUT2D eigenvalue weighted by molar-refractivity contribution is 5.91. The third-order valence-electron chi connectivity index (χ3n) is 3.18. The van der Waals surface area contributed by atoms with Crippen molar-refractivity contribution in [3.8, 4) is 5.75 Å². The van der Waals surface area contributed by atoms with Crippen LogP contribution < -0.4 is 4.74 Å². The second-order valence-corrected chi connectivity index (χ2v) is 6.03. The Balaban J connectivity index is 2.12. The summed E-state index contributed by atoms with van der Waals surface area (Å²) in [5.74, 6) is 0.252. The van der Waals surface area contributed by atoms with E-state index in [4.69, 9.17) is 4.74 Å². The van der Waals surface area contributed by atoms with Crippen molar-refractivity contribution in [3.63, 3.8) is 0 Å². The Labute approximate surface area is 120 Å². The van der Waals surface area contributed by atoms with E-state index in [2.05, 4.69) is 20.8 Å². The zero-order valence-corrected chi connectivity index (χ0v) is 12.4. The van der Waals surface area contributed by atoms with E-state index in [1.165, 1.54) is 5.56 Å². The van der Waals surface area contributed by atoms with Crippen LogP contribution in [0.15, 0.2) is 48.5 Å². The number of carbonyl (C=O) groups is 1. The molecule has 2 nitrogen and oxygen atoms in total. The van der Waals surface area contributed by atoms with Gasteiger partial charge in [-0.1, -0.05) is 50.6 Å². The molecule has 0 aliphatic heterocycles. The maximum absolute atomic E-state index is 12.0. The fourth-order valence-corrected chi connectivity index (χ4v) is 1.96. The summed E-state index contributed by atoms with van der Waals surface area (Å²) >= 11 is 0. The van der Waals surface area contributed by atoms with Crippen LogP contribution in [0.4, 0.5) is 0 Å². The third kappa shape index (κ3) is 3.47. The average Bonchev–Trinajstić information content (AvgIpc) is 2.38. The second-order valence-electron chi connectivity index (χ2n) is 6.03. The van der Waals surface area contributed by atoms with Gasteiger partial charge in [0.2, 0.25) is 0 Å². The number of rotatable bonds is 2. The van der Waals surface area contributed by atoms with Gasteiger partial charge in [-0.15, -0.1) is 0 Å². The van der Waals surface area contributed by atoms with Crippen LogP contribution in [-0.4, -0.2) is 5.97 Å². The highest BCUT2D eigenvalue weighted by Gasteiger charge is 2.14. The maximum Gasteiger partial charge on any atom is 0.343 e. The van der Waals surface area contributed by atoms with Crippen LogP contribution in [0, 0.1) is 6.92 Å². The van der Waals surface area contributed by atoms with Crippen molar-refractivity contribution < 1.29 is 9.53 Å². The SMILES string of the molecule is Cc1cccc(C(=O)Oc2ccc(C(C)(C)C)cc2)c1. The molecule has 0 aliphatic carbocycles. The van der Waals surface area contributed by atoms with Gasteiger partial charge in [0, 0.05) is 0 Å². The van der Waals surface area contributed by atoms with Crippen molar-refractivity contribution in [1.29, 1.82) is 0 Å². The Morgan fingerprint density at radius 2 is 1.65 bits per heavy atom. The van der Waals surface area contributed by atoms with E-state index in [-0.39, 0.29) is 11.4 Å². The van der Waals surface area contributed by atoms with Gasteiger partial charge in [-0.25, -0.2) is 4.79 Å². The Morgan fingerprint density at radius 3 is 2.20 bits per heavy atom. The van der Waals surface area contributed by atoms with E-state index < -0.39 is 0 Å². The first-order chi connectivity index (χ1) is 9.36. The second kappa shape index (κ2) is 5.49. The molecule has 0 saturated heterocycles. The maximum atomic E-state index is 12.0. The first-order valence-electron chi connectivity index (χ1n) is 6.76. The Bertz CT molecular complexity index is 604. The quantitative estimate of drug-likeness (QED) is 0.591. The first kappa shape index (κ1) is 14.3. The van der Waals surface area contributed by atoms with Gasteiger partial charge in [0.25, 0.3) is 0 Å². The molecule has 0 radical (unpaired) electrons. The summed E-state index contributed by atoms with van der Waals surface area (Å²) in [5.41, 5.74) is 2.93. The minimum Gasteiger partial charge on any atom is -0.423 e. The zero-order valence-electron chi connectivity index (χ0n) is 12.4. The molecule has 0 heterocycles. The predicted molar refractivity (Wildman–Crippen MR) is 81.3 cm³/mol. The molecular weight excluding hydrogens is 248 g/mol. The lowest BCUT2D eigenvalue weighted by molar-refractivity contribution is 0.0734. The molecule has 0 aliphatic rings. The molecule has 104 valence electrons. The third-order valence-corrected chi connectivity index (χ3v) is 3.18. The Morgan fingerprint density at radius 1 is 1.00 bits per heavy atom. The van der Waals surface area contributed by atoms with Crippen molar-refractivity contribution in [3.05, 3.63) is 65.2 Å². The molecule has 0 aromatic heterocycles. The van der Waals surface area contributed by atoms with Crippen LogP contribution in [-0.2, 0) is 5.41 Å². The van der Waals surface area contributed by atoms with Crippen LogP contribution in [0.2, 0.25) is 0 Å². The Kier molecular flexibility index (Phi) is 3.93. The zero-order chi connectivity index (χ0) is 14.8. The van der Waals surface area contributed by atoms with E-state index >= 15 is 0 Å². The molecule has 0 atom stereocenters. The topological polar surface area (TPSA) is 26.3 Å². The summed E-state index contributed by atoms with van der Waals surface area (Å²) in [4.78, 5) is 12.0. The minimum absolute atomic E-state index is 0.0963. The molecule has 0 N–H and O–H groups in total. The molecule has 0 saturated carbocycles. The molecular formula is C18H20O2. The number of ether oxygens (including phenoxy) is 1. The van der Waals surface area contributed by atoms with E-state index in [1.807, 2.05) is 49.4 Å². The van der Waals surface area contributed by atoms with Crippen molar-refractivity contribution in [2.45, 2.75) is 33.1 Å². The van der Waals surface area contributed by atoms with Crippen LogP contribution in [0.25, 0.3) is 0 Å². The van der Waals surface area contributed by atoms with Crippen molar-refractivity contribution in [1.82, 2.24) is 0 Å². The number of carbonyl (C=O) groups excluding carboxylic acids is 1. The van der Waals surface area contributed by atoms with Gasteiger partial charge in [0.05, 0.1) is 5.56 Å². The van der Waals surface area contributed by atoms with Gasteiger partial charge in [-0.05, 0) is 42.2 Å². The standard InChI is InChI=1S/C18H20O2/c1-13-6-5-7-14(12-13)17(19)20-16-10-8-15(9-11-16)18(2,3)4/h5-12H,1-4H3. The van der Waals surface area contributed by atoms with Gasteiger partial charge in [-0.2, -0.15) is 0 Å². The van der Waals surface area contributed by atoms with Crippen LogP contribution >= 0.6 is 0 Å². The summed E-state index contributed by atoms with van der Waals surface area (Å²) in [7, 11) is 0. The monoisotopic (exact) mass is 268 g/mol. The van der Waals surface area contributed by atoms with E-state index in [1.54, 1.807) is 6.07 Å². The average molecular weight is 268 g/mol. The molecule has 2 heteroatoms. The minimum atomic E-state index is -0.322. The summed E-state index contributed by atoms with van der Waals surface area (Å²) in [6.45, 7) is 8.41. The lowest BCUT2D eigenvalue weighted by atomic mass is 9.87. The number of hydrogen-bond acceptors (Lipinski definition) is 2. The van der Waals surface area contributed by atoms with Crippen LogP contribution in [0.1, 0.15) is 42.3 Å². The molecule has 0 spiro atoms. The normalized spacial score (nSPS) is 11.2. The smallest absolute Gasteiger partial charge is 0.343 e. The first-order valence-corrected chi connectivity index (χ1v) is 6.76. The lowest BCUT2D eigenvalue weighted by Crippen LogP contribution is -2.11. The van der Waals surface area contributed by atoms with E-state index in [0.717, 1.165) is 5.56 Å². The predicted octanol–water partition coefficient (Wildman–Crippen LogP) is 4.51. The highest BCUT2D eigenvalue weighted by Crippen LogP contribution is 2.24. The number of esters is 1. The van der Waals surface area contributed by atoms with Gasteiger partial charge in [0.1, 0.15) is 5.75 Å². The van der Waals surface area contributed by atoms with Crippen LogP contribution in [0.3, 0.4) is 0 Å². The molecule has 0 amide bonds. The number of aryl methyl sites for hydroxylation is 1. The van der Waals surface area contributed by atoms with Gasteiger partial charge in [-0.3, -0.25) is 0 Å². The van der Waals surface area contributed by atoms with Crippen molar-refractivity contribution in [2.24, 2.45) is 0 Å². The van der Waals surface area contributed by atoms with Crippen molar-refractivity contribution in [2.75, 3.05) is 0 Å². The fourth-order valence-electron chi connectivity index (χ4n) is 1.96. The molecule has 20 heavy (non-hydrogen) atoms. The molecule has 0 bridgehead atoms. The number of hydrogen-bond donors (Lipinski definition) is 0. The number of benzene rings is 2. The van der Waals surface area contributed by atoms with Gasteiger partial charge < -0.3 is 4.74 Å². The summed E-state index contributed by atoms with van der Waals surface area (Å²) in [5, 5.41) is 0. The molecule has 2 aromatic rings. The van der Waals surface area contributed by atoms with E-state index in [9.17, 15) is 4.79 Å². The van der Waals surface area contributed by atoms with Crippen LogP contribution in [0.5, 0.6) is 5.75 Å². The summed E-state index contributed by atoms with van der Waals surface area (Å²) in [6.07, 6.45) is 0. The van der Waals surface area contributed by atoms with Crippen molar-refractivity contribution >= 4 is 5.97 Å². The molecule has 2 aromatic carbocycles. The highest BCUT2D eigenvalue weighted by atomic mass is 16.5. The largest absolute Gasteiger partial charge is 0.423 e. The van der Waals surface area contributed by atoms with E-state index in [0.29, 0.717) is 11.3 Å². The fraction of sp³-hybridized carbons (Fsp3) is 0.278. The van der Waals surface area contributed by atoms with Gasteiger partial charge >= 0.3 is 5.97 Å². The molecule has 0 fully saturated rings. The van der Waals surface area contributed by atoms with Gasteiger partial charge in [0.15, 0.2) is 0 Å². The summed E-state index contributed by atoms with van der Waals surface area (Å²) in [6, 6.07) is 15.1. The summed E-state index contributed by atoms with van der Waals surface area (Å²) < 4.78 is 5.38. The molecule has 0 unspecified atom stereocenters. The molecule has 2 rings (SSSR count). The lowest BCUT2D eigenvalue weighted by Gasteiger charge is -2.19.